The largest absolute Gasteiger partial charge is 0.441 e. The molecule has 1 heterocycles. The number of nitrogens with one attached hydrogen (secondary N) is 1. The molecular weight excluding hydrogens is 372 g/mol. The van der Waals surface area contributed by atoms with Crippen LogP contribution in [-0.2, 0) is 4.74 Å². The first-order valence-corrected chi connectivity index (χ1v) is 8.16. The topological polar surface area (TPSA) is 64.4 Å². The number of hydrogen-bond acceptors (Lipinski definition) is 4. The second-order valence-electron chi connectivity index (χ2n) is 5.16. The third-order valence-electron chi connectivity index (χ3n) is 3.49. The highest BCUT2D eigenvalue weighted by Crippen LogP contribution is 2.29. The van der Waals surface area contributed by atoms with Crippen molar-refractivity contribution in [1.82, 2.24) is 5.16 Å². The Morgan fingerprint density at radius 1 is 1.17 bits per heavy atom. The Labute approximate surface area is 147 Å². The second-order valence-corrected chi connectivity index (χ2v) is 6.07. The summed E-state index contributed by atoms with van der Waals surface area (Å²) in [5.41, 5.74) is 2.48. The SMILES string of the molecule is C[C@@H](OC(=O)Nc1oncc1-c1ccc(Br)cc1)c1ccccc1. The normalized spacial score (nSPS) is 11.8. The molecule has 3 aromatic rings. The molecule has 6 heteroatoms. The number of aromatic nitrogens is 1. The monoisotopic (exact) mass is 386 g/mol. The average molecular weight is 387 g/mol. The fourth-order valence-corrected chi connectivity index (χ4v) is 2.50. The first-order valence-electron chi connectivity index (χ1n) is 7.36. The van der Waals surface area contributed by atoms with Gasteiger partial charge in [0, 0.05) is 4.47 Å². The van der Waals surface area contributed by atoms with Crippen molar-refractivity contribution in [1.29, 1.82) is 0 Å². The molecule has 1 atom stereocenters. The summed E-state index contributed by atoms with van der Waals surface area (Å²) >= 11 is 3.39. The van der Waals surface area contributed by atoms with E-state index in [0.717, 1.165) is 15.6 Å². The van der Waals surface area contributed by atoms with Crippen molar-refractivity contribution in [3.63, 3.8) is 0 Å². The van der Waals surface area contributed by atoms with Gasteiger partial charge in [0.25, 0.3) is 0 Å². The molecule has 0 fully saturated rings. The van der Waals surface area contributed by atoms with E-state index in [0.29, 0.717) is 5.56 Å². The third kappa shape index (κ3) is 3.83. The van der Waals surface area contributed by atoms with Crippen LogP contribution in [0.1, 0.15) is 18.6 Å². The molecule has 122 valence electrons. The van der Waals surface area contributed by atoms with Crippen LogP contribution in [0.3, 0.4) is 0 Å². The van der Waals surface area contributed by atoms with Gasteiger partial charge < -0.3 is 9.26 Å². The standard InChI is InChI=1S/C18H15BrN2O3/c1-12(13-5-3-2-4-6-13)23-18(22)21-17-16(11-20-24-17)14-7-9-15(19)10-8-14/h2-12H,1H3,(H,21,22)/t12-/m1/s1. The minimum atomic E-state index is -0.596. The zero-order chi connectivity index (χ0) is 16.9. The highest BCUT2D eigenvalue weighted by atomic mass is 79.9. The molecule has 5 nitrogen and oxygen atoms in total. The summed E-state index contributed by atoms with van der Waals surface area (Å²) in [5, 5.41) is 6.36. The Morgan fingerprint density at radius 3 is 2.58 bits per heavy atom. The summed E-state index contributed by atoms with van der Waals surface area (Å²) in [4.78, 5) is 12.1. The van der Waals surface area contributed by atoms with Crippen molar-refractivity contribution >= 4 is 27.9 Å². The molecule has 0 aliphatic carbocycles. The summed E-state index contributed by atoms with van der Waals surface area (Å²) in [5.74, 6) is 0.252. The number of benzene rings is 2. The van der Waals surface area contributed by atoms with Crippen molar-refractivity contribution in [2.24, 2.45) is 0 Å². The zero-order valence-electron chi connectivity index (χ0n) is 12.9. The Hall–Kier alpha value is -2.60. The predicted molar refractivity (Wildman–Crippen MR) is 94.6 cm³/mol. The van der Waals surface area contributed by atoms with Crippen LogP contribution in [0.15, 0.2) is 69.8 Å². The van der Waals surface area contributed by atoms with Gasteiger partial charge in [-0.1, -0.05) is 63.6 Å². The summed E-state index contributed by atoms with van der Waals surface area (Å²) in [7, 11) is 0. The van der Waals surface area contributed by atoms with Crippen LogP contribution in [0, 0.1) is 0 Å². The maximum Gasteiger partial charge on any atom is 0.414 e. The quantitative estimate of drug-likeness (QED) is 0.650. The van der Waals surface area contributed by atoms with Crippen molar-refractivity contribution in [2.45, 2.75) is 13.0 Å². The molecule has 0 bridgehead atoms. The predicted octanol–water partition coefficient (Wildman–Crippen LogP) is 5.41. The van der Waals surface area contributed by atoms with Crippen molar-refractivity contribution in [3.8, 4) is 11.1 Å². The number of carbonyl (C=O) groups excluding carboxylic acids is 1. The molecule has 0 aliphatic rings. The summed E-state index contributed by atoms with van der Waals surface area (Å²) in [6.07, 6.45) is 0.589. The van der Waals surface area contributed by atoms with Gasteiger partial charge in [-0.15, -0.1) is 0 Å². The van der Waals surface area contributed by atoms with E-state index in [2.05, 4.69) is 26.4 Å². The molecule has 0 unspecified atom stereocenters. The van der Waals surface area contributed by atoms with Gasteiger partial charge in [-0.3, -0.25) is 5.32 Å². The fraction of sp³-hybridized carbons (Fsp3) is 0.111. The third-order valence-corrected chi connectivity index (χ3v) is 4.02. The van der Waals surface area contributed by atoms with E-state index in [1.807, 2.05) is 61.5 Å². The molecule has 3 rings (SSSR count). The van der Waals surface area contributed by atoms with Gasteiger partial charge in [-0.05, 0) is 30.2 Å². The van der Waals surface area contributed by atoms with E-state index >= 15 is 0 Å². The summed E-state index contributed by atoms with van der Waals surface area (Å²) in [6.45, 7) is 1.81. The number of amides is 1. The number of carbonyl (C=O) groups is 1. The van der Waals surface area contributed by atoms with Crippen molar-refractivity contribution in [2.75, 3.05) is 5.32 Å². The first kappa shape index (κ1) is 16.3. The van der Waals surface area contributed by atoms with Crippen LogP contribution in [0.25, 0.3) is 11.1 Å². The van der Waals surface area contributed by atoms with E-state index in [-0.39, 0.29) is 12.0 Å². The minimum Gasteiger partial charge on any atom is -0.441 e. The molecule has 2 aromatic carbocycles. The molecule has 1 amide bonds. The number of ether oxygens (including phenoxy) is 1. The van der Waals surface area contributed by atoms with Gasteiger partial charge in [0.05, 0.1) is 11.8 Å². The molecule has 0 saturated heterocycles. The molecular formula is C18H15BrN2O3. The fourth-order valence-electron chi connectivity index (χ4n) is 2.24. The number of nitrogens with zero attached hydrogens (tertiary/aromatic N) is 1. The maximum absolute atomic E-state index is 12.1. The lowest BCUT2D eigenvalue weighted by atomic mass is 10.1. The van der Waals surface area contributed by atoms with Crippen LogP contribution < -0.4 is 5.32 Å². The van der Waals surface area contributed by atoms with Gasteiger partial charge >= 0.3 is 6.09 Å². The molecule has 0 saturated carbocycles. The summed E-state index contributed by atoms with van der Waals surface area (Å²) < 4.78 is 11.5. The first-order chi connectivity index (χ1) is 11.6. The van der Waals surface area contributed by atoms with E-state index in [1.165, 1.54) is 0 Å². The van der Waals surface area contributed by atoms with Crippen LogP contribution in [0.5, 0.6) is 0 Å². The Balaban J connectivity index is 1.69. The van der Waals surface area contributed by atoms with Gasteiger partial charge in [0.15, 0.2) is 0 Å². The Kier molecular flexibility index (Phi) is 4.96. The molecule has 1 aromatic heterocycles. The molecule has 1 N–H and O–H groups in total. The number of halogens is 1. The van der Waals surface area contributed by atoms with Crippen LogP contribution in [0.4, 0.5) is 10.7 Å². The molecule has 0 radical (unpaired) electrons. The average Bonchev–Trinajstić information content (AvgIpc) is 3.04. The maximum atomic E-state index is 12.1. The van der Waals surface area contributed by atoms with Gasteiger partial charge in [-0.2, -0.15) is 0 Å². The highest BCUT2D eigenvalue weighted by Gasteiger charge is 2.17. The van der Waals surface area contributed by atoms with Gasteiger partial charge in [0.2, 0.25) is 5.88 Å². The molecule has 0 spiro atoms. The van der Waals surface area contributed by atoms with E-state index in [1.54, 1.807) is 6.20 Å². The second kappa shape index (κ2) is 7.31. The minimum absolute atomic E-state index is 0.252. The number of rotatable bonds is 4. The zero-order valence-corrected chi connectivity index (χ0v) is 14.5. The van der Waals surface area contributed by atoms with Crippen molar-refractivity contribution in [3.05, 3.63) is 70.8 Å². The smallest absolute Gasteiger partial charge is 0.414 e. The van der Waals surface area contributed by atoms with Gasteiger partial charge in [0.1, 0.15) is 6.10 Å². The lowest BCUT2D eigenvalue weighted by Gasteiger charge is -2.13. The number of anilines is 1. The Bertz CT molecular complexity index is 816. The van der Waals surface area contributed by atoms with Gasteiger partial charge in [-0.25, -0.2) is 4.79 Å². The van der Waals surface area contributed by atoms with Crippen LogP contribution >= 0.6 is 15.9 Å². The van der Waals surface area contributed by atoms with Crippen molar-refractivity contribution < 1.29 is 14.1 Å². The van der Waals surface area contributed by atoms with E-state index < -0.39 is 6.09 Å². The van der Waals surface area contributed by atoms with E-state index in [9.17, 15) is 4.79 Å². The van der Waals surface area contributed by atoms with Crippen LogP contribution in [-0.4, -0.2) is 11.2 Å². The molecule has 0 aliphatic heterocycles. The lowest BCUT2D eigenvalue weighted by molar-refractivity contribution is 0.120. The summed E-state index contributed by atoms with van der Waals surface area (Å²) in [6, 6.07) is 17.1. The van der Waals surface area contributed by atoms with Crippen LogP contribution in [0.2, 0.25) is 0 Å². The molecule has 24 heavy (non-hydrogen) atoms. The Morgan fingerprint density at radius 2 is 1.88 bits per heavy atom. The lowest BCUT2D eigenvalue weighted by Crippen LogP contribution is -2.16. The van der Waals surface area contributed by atoms with E-state index in [4.69, 9.17) is 9.26 Å². The number of hydrogen-bond donors (Lipinski definition) is 1. The highest BCUT2D eigenvalue weighted by molar-refractivity contribution is 9.10.